The number of hydrogen-bond acceptors (Lipinski definition) is 6. The molecule has 3 aromatic rings. The molecule has 0 radical (unpaired) electrons. The van der Waals surface area contributed by atoms with Crippen LogP contribution in [-0.4, -0.2) is 32.2 Å². The molecule has 8 nitrogen and oxygen atoms in total. The second-order valence-electron chi connectivity index (χ2n) is 5.50. The number of hydrogen-bond donors (Lipinski definition) is 1. The van der Waals surface area contributed by atoms with Gasteiger partial charge in [0.15, 0.2) is 11.4 Å². The zero-order chi connectivity index (χ0) is 16.7. The number of aromatic nitrogens is 3. The molecule has 0 amide bonds. The summed E-state index contributed by atoms with van der Waals surface area (Å²) in [6.45, 7) is 0.706. The van der Waals surface area contributed by atoms with Crippen LogP contribution in [0.4, 0.5) is 0 Å². The highest BCUT2D eigenvalue weighted by molar-refractivity contribution is 5.80. The molecular weight excluding hydrogens is 314 g/mol. The largest absolute Gasteiger partial charge is 0.480 e. The fraction of sp³-hybridized carbons (Fsp3) is 0.250. The summed E-state index contributed by atoms with van der Waals surface area (Å²) in [5, 5.41) is 8.88. The molecule has 1 aromatic carbocycles. The van der Waals surface area contributed by atoms with Crippen LogP contribution in [0.25, 0.3) is 22.5 Å². The van der Waals surface area contributed by atoms with Crippen molar-refractivity contribution in [2.24, 2.45) is 0 Å². The van der Waals surface area contributed by atoms with Gasteiger partial charge in [0.05, 0.1) is 24.4 Å². The maximum absolute atomic E-state index is 11.8. The third-order valence-corrected chi connectivity index (χ3v) is 3.91. The van der Waals surface area contributed by atoms with Gasteiger partial charge in [-0.15, -0.1) is 0 Å². The van der Waals surface area contributed by atoms with Crippen LogP contribution in [0.15, 0.2) is 33.6 Å². The van der Waals surface area contributed by atoms with E-state index in [1.165, 1.54) is 0 Å². The van der Waals surface area contributed by atoms with Gasteiger partial charge in [0.2, 0.25) is 0 Å². The minimum atomic E-state index is -1.11. The van der Waals surface area contributed by atoms with Crippen molar-refractivity contribution >= 4 is 17.1 Å². The number of carboxylic acid groups (broad SMARTS) is 1. The van der Waals surface area contributed by atoms with E-state index in [0.717, 1.165) is 22.2 Å². The molecule has 0 bridgehead atoms. The second kappa shape index (κ2) is 5.57. The monoisotopic (exact) mass is 327 g/mol. The zero-order valence-corrected chi connectivity index (χ0v) is 12.6. The molecule has 0 spiro atoms. The van der Waals surface area contributed by atoms with Crippen LogP contribution in [0, 0.1) is 0 Å². The van der Waals surface area contributed by atoms with Crippen LogP contribution >= 0.6 is 0 Å². The number of nitrogens with zero attached hydrogens (tertiary/aromatic N) is 3. The lowest BCUT2D eigenvalue weighted by atomic mass is 10.1. The number of carboxylic acids is 1. The SMILES string of the molecule is O=C(O)Cn1c(=O)oc2cc(-c3ncc4c(n3)CCOC4)ccc21. The summed E-state index contributed by atoms with van der Waals surface area (Å²) in [6, 6.07) is 5.04. The van der Waals surface area contributed by atoms with Crippen molar-refractivity contribution in [2.45, 2.75) is 19.6 Å². The van der Waals surface area contributed by atoms with Crippen LogP contribution in [0.1, 0.15) is 11.3 Å². The van der Waals surface area contributed by atoms with Gasteiger partial charge in [-0.25, -0.2) is 14.8 Å². The molecule has 0 atom stereocenters. The minimum absolute atomic E-state index is 0.309. The zero-order valence-electron chi connectivity index (χ0n) is 12.6. The Labute approximate surface area is 135 Å². The van der Waals surface area contributed by atoms with Crippen LogP contribution in [0.3, 0.4) is 0 Å². The van der Waals surface area contributed by atoms with Gasteiger partial charge in [-0.05, 0) is 18.2 Å². The molecule has 2 aromatic heterocycles. The van der Waals surface area contributed by atoms with E-state index in [4.69, 9.17) is 14.3 Å². The van der Waals surface area contributed by atoms with E-state index < -0.39 is 18.3 Å². The van der Waals surface area contributed by atoms with Crippen LogP contribution in [0.2, 0.25) is 0 Å². The normalized spacial score (nSPS) is 13.8. The van der Waals surface area contributed by atoms with Crippen molar-refractivity contribution < 1.29 is 19.1 Å². The van der Waals surface area contributed by atoms with Crippen molar-refractivity contribution in [1.29, 1.82) is 0 Å². The first-order valence-electron chi connectivity index (χ1n) is 7.40. The number of aliphatic carboxylic acids is 1. The summed E-state index contributed by atoms with van der Waals surface area (Å²) in [5.41, 5.74) is 3.37. The summed E-state index contributed by atoms with van der Waals surface area (Å²) < 4.78 is 11.6. The number of oxazole rings is 1. The Morgan fingerprint density at radius 1 is 1.38 bits per heavy atom. The number of ether oxygens (including phenoxy) is 1. The topological polar surface area (TPSA) is 107 Å². The Bertz CT molecular complexity index is 1000. The van der Waals surface area contributed by atoms with Crippen LogP contribution in [-0.2, 0) is 29.1 Å². The predicted octanol–water partition coefficient (Wildman–Crippen LogP) is 1.21. The Morgan fingerprint density at radius 2 is 2.25 bits per heavy atom. The number of carbonyl (C=O) groups is 1. The number of rotatable bonds is 3. The van der Waals surface area contributed by atoms with Gasteiger partial charge in [0.1, 0.15) is 6.54 Å². The number of benzene rings is 1. The first-order chi connectivity index (χ1) is 11.6. The number of fused-ring (bicyclic) bond motifs is 2. The molecule has 24 heavy (non-hydrogen) atoms. The average molecular weight is 327 g/mol. The summed E-state index contributed by atoms with van der Waals surface area (Å²) in [4.78, 5) is 31.5. The molecule has 0 saturated carbocycles. The van der Waals surface area contributed by atoms with Gasteiger partial charge in [-0.2, -0.15) is 0 Å². The first kappa shape index (κ1) is 14.6. The van der Waals surface area contributed by atoms with E-state index in [2.05, 4.69) is 9.97 Å². The smallest absolute Gasteiger partial charge is 0.420 e. The Balaban J connectivity index is 1.78. The van der Waals surface area contributed by atoms with E-state index in [0.29, 0.717) is 35.7 Å². The Hall–Kier alpha value is -3.00. The van der Waals surface area contributed by atoms with Crippen LogP contribution in [0.5, 0.6) is 0 Å². The van der Waals surface area contributed by atoms with Crippen molar-refractivity contribution in [3.63, 3.8) is 0 Å². The maximum Gasteiger partial charge on any atom is 0.420 e. The molecule has 1 N–H and O–H groups in total. The minimum Gasteiger partial charge on any atom is -0.480 e. The summed E-state index contributed by atoms with van der Waals surface area (Å²) >= 11 is 0. The van der Waals surface area contributed by atoms with Crippen LogP contribution < -0.4 is 5.76 Å². The molecular formula is C16H13N3O5. The van der Waals surface area contributed by atoms with E-state index in [1.54, 1.807) is 24.4 Å². The molecule has 0 saturated heterocycles. The van der Waals surface area contributed by atoms with Crippen molar-refractivity contribution in [1.82, 2.24) is 14.5 Å². The molecule has 0 aliphatic carbocycles. The maximum atomic E-state index is 11.8. The molecule has 4 rings (SSSR count). The van der Waals surface area contributed by atoms with Gasteiger partial charge >= 0.3 is 11.7 Å². The third kappa shape index (κ3) is 2.46. The highest BCUT2D eigenvalue weighted by Crippen LogP contribution is 2.23. The third-order valence-electron chi connectivity index (χ3n) is 3.91. The molecule has 3 heterocycles. The lowest BCUT2D eigenvalue weighted by molar-refractivity contribution is -0.137. The standard InChI is InChI=1S/C16H13N3O5/c20-14(21)7-19-12-2-1-9(5-13(12)24-16(19)22)15-17-6-10-8-23-4-3-11(10)18-15/h1-2,5-6H,3-4,7-8H2,(H,20,21). The van der Waals surface area contributed by atoms with Gasteiger partial charge in [-0.1, -0.05) is 0 Å². The van der Waals surface area contributed by atoms with Crippen molar-refractivity contribution in [3.05, 3.63) is 46.2 Å². The molecule has 0 unspecified atom stereocenters. The second-order valence-corrected chi connectivity index (χ2v) is 5.50. The summed E-state index contributed by atoms with van der Waals surface area (Å²) in [7, 11) is 0. The lowest BCUT2D eigenvalue weighted by Gasteiger charge is -2.15. The summed E-state index contributed by atoms with van der Waals surface area (Å²) in [6.07, 6.45) is 2.48. The Morgan fingerprint density at radius 3 is 3.08 bits per heavy atom. The highest BCUT2D eigenvalue weighted by atomic mass is 16.5. The van der Waals surface area contributed by atoms with Gasteiger partial charge in [0, 0.05) is 23.7 Å². The molecule has 122 valence electrons. The molecule has 0 fully saturated rings. The first-order valence-corrected chi connectivity index (χ1v) is 7.40. The van der Waals surface area contributed by atoms with Gasteiger partial charge in [-0.3, -0.25) is 9.36 Å². The van der Waals surface area contributed by atoms with E-state index in [-0.39, 0.29) is 0 Å². The predicted molar refractivity (Wildman–Crippen MR) is 82.5 cm³/mol. The van der Waals surface area contributed by atoms with E-state index >= 15 is 0 Å². The molecule has 1 aliphatic rings. The van der Waals surface area contributed by atoms with E-state index in [9.17, 15) is 9.59 Å². The lowest BCUT2D eigenvalue weighted by Crippen LogP contribution is -2.19. The van der Waals surface area contributed by atoms with Crippen molar-refractivity contribution in [3.8, 4) is 11.4 Å². The molecule has 8 heteroatoms. The van der Waals surface area contributed by atoms with Gasteiger partial charge < -0.3 is 14.3 Å². The summed E-state index contributed by atoms with van der Waals surface area (Å²) in [5.74, 6) is -1.27. The fourth-order valence-electron chi connectivity index (χ4n) is 2.76. The quantitative estimate of drug-likeness (QED) is 0.770. The molecule has 1 aliphatic heterocycles. The Kier molecular flexibility index (Phi) is 3.39. The fourth-order valence-corrected chi connectivity index (χ4v) is 2.76. The highest BCUT2D eigenvalue weighted by Gasteiger charge is 2.16. The van der Waals surface area contributed by atoms with E-state index in [1.807, 2.05) is 0 Å². The van der Waals surface area contributed by atoms with Gasteiger partial charge in [0.25, 0.3) is 0 Å². The van der Waals surface area contributed by atoms with Crippen molar-refractivity contribution in [2.75, 3.05) is 6.61 Å². The average Bonchev–Trinajstić information content (AvgIpc) is 2.89.